The third-order valence-corrected chi connectivity index (χ3v) is 3.46. The maximum absolute atomic E-state index is 5.73. The van der Waals surface area contributed by atoms with Gasteiger partial charge >= 0.3 is 0 Å². The Kier molecular flexibility index (Phi) is 6.35. The van der Waals surface area contributed by atoms with E-state index in [0.29, 0.717) is 0 Å². The molecule has 1 aliphatic heterocycles. The van der Waals surface area contributed by atoms with Gasteiger partial charge in [-0.25, -0.2) is 0 Å². The van der Waals surface area contributed by atoms with Crippen LogP contribution in [0.15, 0.2) is 61.3 Å². The smallest absolute Gasteiger partial charge is 0.125 e. The van der Waals surface area contributed by atoms with Crippen molar-refractivity contribution in [1.82, 2.24) is 9.96 Å². The number of hydrogen-bond acceptors (Lipinski definition) is 3. The van der Waals surface area contributed by atoms with E-state index in [-0.39, 0.29) is 0 Å². The summed E-state index contributed by atoms with van der Waals surface area (Å²) in [7, 11) is 2.04. The lowest BCUT2D eigenvalue weighted by molar-refractivity contribution is -0.0511. The number of hydroxylamine groups is 2. The van der Waals surface area contributed by atoms with Gasteiger partial charge in [0.1, 0.15) is 5.76 Å². The van der Waals surface area contributed by atoms with Crippen molar-refractivity contribution in [1.29, 1.82) is 0 Å². The van der Waals surface area contributed by atoms with Crippen molar-refractivity contribution in [2.45, 2.75) is 39.0 Å². The van der Waals surface area contributed by atoms with E-state index in [9.17, 15) is 0 Å². The molecule has 3 heteroatoms. The van der Waals surface area contributed by atoms with E-state index < -0.39 is 0 Å². The molecule has 1 fully saturated rings. The lowest BCUT2D eigenvalue weighted by atomic mass is 10.1. The summed E-state index contributed by atoms with van der Waals surface area (Å²) in [4.78, 5) is 7.86. The van der Waals surface area contributed by atoms with E-state index in [4.69, 9.17) is 4.84 Å². The number of rotatable bonds is 9. The van der Waals surface area contributed by atoms with Crippen LogP contribution in [0.4, 0.5) is 0 Å². The Labute approximate surface area is 129 Å². The van der Waals surface area contributed by atoms with Gasteiger partial charge in [0.2, 0.25) is 0 Å². The minimum absolute atomic E-state index is 0.745. The van der Waals surface area contributed by atoms with Crippen LogP contribution in [0.1, 0.15) is 39.0 Å². The highest BCUT2D eigenvalue weighted by Gasteiger charge is 2.21. The van der Waals surface area contributed by atoms with E-state index in [1.807, 2.05) is 14.0 Å². The van der Waals surface area contributed by atoms with Gasteiger partial charge in [-0.05, 0) is 32.6 Å². The van der Waals surface area contributed by atoms with Crippen molar-refractivity contribution in [3.8, 4) is 0 Å². The maximum atomic E-state index is 5.73. The molecule has 0 unspecified atom stereocenters. The number of nitrogens with zero attached hydrogens (tertiary/aromatic N) is 2. The average Bonchev–Trinajstić information content (AvgIpc) is 2.69. The lowest BCUT2D eigenvalue weighted by Gasteiger charge is -2.23. The topological polar surface area (TPSA) is 15.7 Å². The summed E-state index contributed by atoms with van der Waals surface area (Å²) in [6.45, 7) is 22.8. The first-order chi connectivity index (χ1) is 9.81. The summed E-state index contributed by atoms with van der Waals surface area (Å²) in [6.07, 6.45) is 4.51. The van der Waals surface area contributed by atoms with Crippen LogP contribution in [0, 0.1) is 0 Å². The van der Waals surface area contributed by atoms with Crippen molar-refractivity contribution in [3.63, 3.8) is 0 Å². The van der Waals surface area contributed by atoms with Crippen LogP contribution in [0.5, 0.6) is 0 Å². The van der Waals surface area contributed by atoms with Gasteiger partial charge in [-0.15, -0.1) is 0 Å². The summed E-state index contributed by atoms with van der Waals surface area (Å²) in [5, 5.41) is 1.71. The van der Waals surface area contributed by atoms with Gasteiger partial charge in [0.25, 0.3) is 0 Å². The molecule has 1 rings (SSSR count). The molecule has 1 heterocycles. The monoisotopic (exact) mass is 288 g/mol. The van der Waals surface area contributed by atoms with Crippen LogP contribution in [0.3, 0.4) is 0 Å². The normalized spacial score (nSPS) is 14.3. The Hall–Kier alpha value is -1.90. The molecule has 0 saturated carbocycles. The zero-order valence-electron chi connectivity index (χ0n) is 13.6. The largest absolute Gasteiger partial charge is 0.380 e. The Bertz CT molecular complexity index is 446. The molecule has 1 saturated heterocycles. The van der Waals surface area contributed by atoms with E-state index in [1.54, 1.807) is 5.06 Å². The van der Waals surface area contributed by atoms with Crippen LogP contribution in [-0.4, -0.2) is 23.6 Å². The first-order valence-electron chi connectivity index (χ1n) is 7.36. The predicted octanol–water partition coefficient (Wildman–Crippen LogP) is 4.75. The highest BCUT2D eigenvalue weighted by Crippen LogP contribution is 2.30. The highest BCUT2D eigenvalue weighted by atomic mass is 16.7. The fourth-order valence-electron chi connectivity index (χ4n) is 2.22. The van der Waals surface area contributed by atoms with Crippen molar-refractivity contribution >= 4 is 0 Å². The second kappa shape index (κ2) is 7.77. The Balaban J connectivity index is 2.27. The minimum Gasteiger partial charge on any atom is -0.380 e. The molecule has 0 aliphatic carbocycles. The van der Waals surface area contributed by atoms with Gasteiger partial charge < -0.3 is 9.74 Å². The number of likely N-dealkylation sites (N-methyl/N-ethyl adjacent to an activating group) is 1. The average molecular weight is 288 g/mol. The van der Waals surface area contributed by atoms with E-state index in [2.05, 4.69) is 37.8 Å². The van der Waals surface area contributed by atoms with Crippen LogP contribution < -0.4 is 0 Å². The standard InChI is InChI=1S/C18H28N2O/c1-14(2)13-19(7)15(3)9-8-10-18(6)21-20-16(4)11-12-17(20)5/h1,3-6,8-13H2,2,7H3. The lowest BCUT2D eigenvalue weighted by Crippen LogP contribution is -2.19. The first-order valence-corrected chi connectivity index (χ1v) is 7.36. The number of hydrogen-bond donors (Lipinski definition) is 0. The Morgan fingerprint density at radius 1 is 1.14 bits per heavy atom. The van der Waals surface area contributed by atoms with E-state index >= 15 is 0 Å². The minimum atomic E-state index is 0.745. The van der Waals surface area contributed by atoms with Crippen LogP contribution in [0.25, 0.3) is 0 Å². The molecule has 21 heavy (non-hydrogen) atoms. The fraction of sp³-hybridized carbons (Fsp3) is 0.444. The molecule has 1 aliphatic rings. The molecule has 116 valence electrons. The van der Waals surface area contributed by atoms with Gasteiger partial charge in [0.05, 0.1) is 11.4 Å². The van der Waals surface area contributed by atoms with Gasteiger partial charge in [-0.1, -0.05) is 38.5 Å². The third kappa shape index (κ3) is 5.54. The van der Waals surface area contributed by atoms with Crippen molar-refractivity contribution in [2.75, 3.05) is 13.6 Å². The molecule has 0 spiro atoms. The van der Waals surface area contributed by atoms with Gasteiger partial charge in [-0.2, -0.15) is 5.06 Å². The second-order valence-corrected chi connectivity index (χ2v) is 5.79. The SMILES string of the molecule is C=C(C)CN(C)C(=C)CCCC(=C)ON1C(=C)CCC1=C. The van der Waals surface area contributed by atoms with Crippen molar-refractivity contribution in [2.24, 2.45) is 0 Å². The molecule has 3 nitrogen and oxygen atoms in total. The fourth-order valence-corrected chi connectivity index (χ4v) is 2.22. The molecule has 0 aromatic heterocycles. The second-order valence-electron chi connectivity index (χ2n) is 5.79. The quantitative estimate of drug-likeness (QED) is 0.450. The molecule has 0 N–H and O–H groups in total. The van der Waals surface area contributed by atoms with E-state index in [0.717, 1.165) is 67.1 Å². The van der Waals surface area contributed by atoms with Crippen LogP contribution >= 0.6 is 0 Å². The summed E-state index contributed by atoms with van der Waals surface area (Å²) in [5.74, 6) is 0.745. The highest BCUT2D eigenvalue weighted by molar-refractivity contribution is 5.13. The molecule has 0 aromatic carbocycles. The molecular weight excluding hydrogens is 260 g/mol. The summed E-state index contributed by atoms with van der Waals surface area (Å²) >= 11 is 0. The van der Waals surface area contributed by atoms with Gasteiger partial charge in [0.15, 0.2) is 0 Å². The molecular formula is C18H28N2O. The number of allylic oxidation sites excluding steroid dienone is 4. The van der Waals surface area contributed by atoms with Crippen molar-refractivity contribution < 1.29 is 4.84 Å². The maximum Gasteiger partial charge on any atom is 0.125 e. The molecule has 0 amide bonds. The predicted molar refractivity (Wildman–Crippen MR) is 90.0 cm³/mol. The zero-order valence-corrected chi connectivity index (χ0v) is 13.6. The van der Waals surface area contributed by atoms with Gasteiger partial charge in [0, 0.05) is 25.7 Å². The van der Waals surface area contributed by atoms with Crippen LogP contribution in [0.2, 0.25) is 0 Å². The summed E-state index contributed by atoms with van der Waals surface area (Å²) in [5.41, 5.74) is 4.15. The molecule has 0 aromatic rings. The molecule has 0 atom stereocenters. The summed E-state index contributed by atoms with van der Waals surface area (Å²) in [6, 6.07) is 0. The Morgan fingerprint density at radius 3 is 2.24 bits per heavy atom. The first kappa shape index (κ1) is 17.2. The summed E-state index contributed by atoms with van der Waals surface area (Å²) < 4.78 is 0. The third-order valence-electron chi connectivity index (χ3n) is 3.46. The van der Waals surface area contributed by atoms with E-state index in [1.165, 1.54) is 0 Å². The zero-order chi connectivity index (χ0) is 16.0. The molecule has 0 radical (unpaired) electrons. The van der Waals surface area contributed by atoms with Gasteiger partial charge in [-0.3, -0.25) is 0 Å². The van der Waals surface area contributed by atoms with Crippen molar-refractivity contribution in [3.05, 3.63) is 61.3 Å². The molecule has 0 bridgehead atoms. The Morgan fingerprint density at radius 2 is 1.71 bits per heavy atom. The van der Waals surface area contributed by atoms with Crippen LogP contribution in [-0.2, 0) is 4.84 Å².